The van der Waals surface area contributed by atoms with Crippen LogP contribution in [0.15, 0.2) is 40.9 Å². The molecule has 0 radical (unpaired) electrons. The Hall–Kier alpha value is -2.40. The van der Waals surface area contributed by atoms with Crippen LogP contribution >= 0.6 is 11.6 Å². The third-order valence-electron chi connectivity index (χ3n) is 2.79. The van der Waals surface area contributed by atoms with Crippen molar-refractivity contribution in [2.24, 2.45) is 0 Å². The van der Waals surface area contributed by atoms with Crippen LogP contribution in [-0.2, 0) is 0 Å². The Morgan fingerprint density at radius 2 is 2.10 bits per heavy atom. The van der Waals surface area contributed by atoms with Crippen molar-refractivity contribution < 1.29 is 9.32 Å². The highest BCUT2D eigenvalue weighted by molar-refractivity contribution is 6.30. The molecule has 2 aromatic heterocycles. The van der Waals surface area contributed by atoms with E-state index in [4.69, 9.17) is 16.1 Å². The first-order chi connectivity index (χ1) is 9.63. The third kappa shape index (κ3) is 2.35. The van der Waals surface area contributed by atoms with Gasteiger partial charge in [0.2, 0.25) is 5.88 Å². The van der Waals surface area contributed by atoms with Gasteiger partial charge >= 0.3 is 0 Å². The smallest absolute Gasteiger partial charge is 0.258 e. The van der Waals surface area contributed by atoms with Crippen LogP contribution in [0.3, 0.4) is 0 Å². The van der Waals surface area contributed by atoms with E-state index >= 15 is 0 Å². The van der Waals surface area contributed by atoms with Crippen molar-refractivity contribution in [3.63, 3.8) is 0 Å². The molecule has 0 bridgehead atoms. The number of aryl methyl sites for hydroxylation is 1. The second-order valence-electron chi connectivity index (χ2n) is 4.30. The zero-order valence-corrected chi connectivity index (χ0v) is 11.3. The number of benzene rings is 1. The maximum atomic E-state index is 12.3. The van der Waals surface area contributed by atoms with Crippen molar-refractivity contribution in [2.75, 3.05) is 5.32 Å². The fourth-order valence-corrected chi connectivity index (χ4v) is 2.13. The molecule has 20 heavy (non-hydrogen) atoms. The molecule has 0 spiro atoms. The standard InChI is InChI=1S/C14H10ClN3O2/c1-8-6-13(20-18-8)17-14(19)10-7-12(15)16-11-5-3-2-4-9(10)11/h2-7H,1H3,(H,17,19). The van der Waals surface area contributed by atoms with Crippen LogP contribution in [0.4, 0.5) is 5.88 Å². The van der Waals surface area contributed by atoms with Crippen molar-refractivity contribution in [1.29, 1.82) is 0 Å². The number of carbonyl (C=O) groups is 1. The Balaban J connectivity index is 2.02. The van der Waals surface area contributed by atoms with Crippen molar-refractivity contribution >= 4 is 34.3 Å². The fraction of sp³-hybridized carbons (Fsp3) is 0.0714. The lowest BCUT2D eigenvalue weighted by Gasteiger charge is -2.06. The summed E-state index contributed by atoms with van der Waals surface area (Å²) in [5.41, 5.74) is 1.80. The summed E-state index contributed by atoms with van der Waals surface area (Å²) < 4.78 is 4.97. The molecule has 0 aliphatic heterocycles. The van der Waals surface area contributed by atoms with E-state index in [1.165, 1.54) is 6.07 Å². The van der Waals surface area contributed by atoms with E-state index in [0.29, 0.717) is 22.7 Å². The van der Waals surface area contributed by atoms with Gasteiger partial charge in [0.25, 0.3) is 5.91 Å². The van der Waals surface area contributed by atoms with Crippen LogP contribution < -0.4 is 5.32 Å². The van der Waals surface area contributed by atoms with Crippen molar-refractivity contribution in [3.8, 4) is 0 Å². The van der Waals surface area contributed by atoms with Crippen molar-refractivity contribution in [2.45, 2.75) is 6.92 Å². The highest BCUT2D eigenvalue weighted by Crippen LogP contribution is 2.22. The highest BCUT2D eigenvalue weighted by Gasteiger charge is 2.14. The number of aromatic nitrogens is 2. The quantitative estimate of drug-likeness (QED) is 0.733. The van der Waals surface area contributed by atoms with Gasteiger partial charge in [-0.25, -0.2) is 4.98 Å². The zero-order chi connectivity index (χ0) is 14.1. The normalized spacial score (nSPS) is 10.7. The van der Waals surface area contributed by atoms with Crippen molar-refractivity contribution in [3.05, 3.63) is 52.8 Å². The van der Waals surface area contributed by atoms with E-state index in [0.717, 1.165) is 5.39 Å². The molecule has 1 aromatic carbocycles. The Morgan fingerprint density at radius 1 is 1.30 bits per heavy atom. The molecule has 5 nitrogen and oxygen atoms in total. The van der Waals surface area contributed by atoms with Gasteiger partial charge in [0.05, 0.1) is 16.8 Å². The summed E-state index contributed by atoms with van der Waals surface area (Å²) in [7, 11) is 0. The number of carbonyl (C=O) groups excluding carboxylic acids is 1. The summed E-state index contributed by atoms with van der Waals surface area (Å²) >= 11 is 5.95. The molecule has 3 rings (SSSR count). The first kappa shape index (κ1) is 12.6. The van der Waals surface area contributed by atoms with Gasteiger partial charge in [-0.15, -0.1) is 0 Å². The van der Waals surface area contributed by atoms with Gasteiger partial charge in [0, 0.05) is 11.5 Å². The van der Waals surface area contributed by atoms with Gasteiger partial charge in [-0.05, 0) is 19.1 Å². The van der Waals surface area contributed by atoms with E-state index in [-0.39, 0.29) is 11.1 Å². The number of amides is 1. The molecule has 0 unspecified atom stereocenters. The topological polar surface area (TPSA) is 68.0 Å². The summed E-state index contributed by atoms with van der Waals surface area (Å²) in [4.78, 5) is 16.5. The van der Waals surface area contributed by atoms with Crippen LogP contribution in [0, 0.1) is 6.92 Å². The lowest BCUT2D eigenvalue weighted by molar-refractivity contribution is 0.102. The lowest BCUT2D eigenvalue weighted by Crippen LogP contribution is -2.12. The predicted molar refractivity (Wildman–Crippen MR) is 75.9 cm³/mol. The molecular formula is C14H10ClN3O2. The van der Waals surface area contributed by atoms with Gasteiger partial charge in [-0.1, -0.05) is 35.0 Å². The number of pyridine rings is 1. The maximum absolute atomic E-state index is 12.3. The molecule has 1 amide bonds. The molecule has 3 aromatic rings. The first-order valence-electron chi connectivity index (χ1n) is 5.93. The largest absolute Gasteiger partial charge is 0.338 e. The molecule has 100 valence electrons. The number of hydrogen-bond acceptors (Lipinski definition) is 4. The van der Waals surface area contributed by atoms with E-state index in [1.807, 2.05) is 18.2 Å². The monoisotopic (exact) mass is 287 g/mol. The predicted octanol–water partition coefficient (Wildman–Crippen LogP) is 3.44. The number of para-hydroxylation sites is 1. The minimum atomic E-state index is -0.318. The molecule has 0 saturated heterocycles. The average molecular weight is 288 g/mol. The number of rotatable bonds is 2. The minimum Gasteiger partial charge on any atom is -0.338 e. The second kappa shape index (κ2) is 4.94. The molecule has 0 aliphatic rings. The van der Waals surface area contributed by atoms with Crippen LogP contribution in [0.2, 0.25) is 5.15 Å². The van der Waals surface area contributed by atoms with Gasteiger partial charge in [0.1, 0.15) is 5.15 Å². The molecule has 1 N–H and O–H groups in total. The Bertz CT molecular complexity index is 798. The molecule has 2 heterocycles. The van der Waals surface area contributed by atoms with Crippen LogP contribution in [0.25, 0.3) is 10.9 Å². The number of fused-ring (bicyclic) bond motifs is 1. The lowest BCUT2D eigenvalue weighted by atomic mass is 10.1. The summed E-state index contributed by atoms with van der Waals surface area (Å²) in [6, 6.07) is 10.5. The van der Waals surface area contributed by atoms with Gasteiger partial charge in [-0.2, -0.15) is 0 Å². The van der Waals surface area contributed by atoms with Crippen LogP contribution in [0.5, 0.6) is 0 Å². The third-order valence-corrected chi connectivity index (χ3v) is 2.99. The molecule has 0 fully saturated rings. The molecule has 6 heteroatoms. The van der Waals surface area contributed by atoms with Crippen LogP contribution in [0.1, 0.15) is 16.1 Å². The van der Waals surface area contributed by atoms with Crippen molar-refractivity contribution in [1.82, 2.24) is 10.1 Å². The number of halogens is 1. The summed E-state index contributed by atoms with van der Waals surface area (Å²) in [6.45, 7) is 1.78. The van der Waals surface area contributed by atoms with E-state index in [9.17, 15) is 4.79 Å². The molecule has 0 aliphatic carbocycles. The van der Waals surface area contributed by atoms with E-state index in [1.54, 1.807) is 19.1 Å². The fourth-order valence-electron chi connectivity index (χ4n) is 1.93. The molecule has 0 saturated carbocycles. The molecule has 0 atom stereocenters. The number of nitrogens with zero attached hydrogens (tertiary/aromatic N) is 2. The van der Waals surface area contributed by atoms with E-state index in [2.05, 4.69) is 15.5 Å². The summed E-state index contributed by atoms with van der Waals surface area (Å²) in [6.07, 6.45) is 0. The maximum Gasteiger partial charge on any atom is 0.258 e. The Morgan fingerprint density at radius 3 is 2.85 bits per heavy atom. The molecular weight excluding hydrogens is 278 g/mol. The van der Waals surface area contributed by atoms with Gasteiger partial charge < -0.3 is 4.52 Å². The Kier molecular flexibility index (Phi) is 3.12. The SMILES string of the molecule is Cc1cc(NC(=O)c2cc(Cl)nc3ccccc23)on1. The van der Waals surface area contributed by atoms with Gasteiger partial charge in [0.15, 0.2) is 0 Å². The zero-order valence-electron chi connectivity index (χ0n) is 10.6. The average Bonchev–Trinajstić information content (AvgIpc) is 2.83. The van der Waals surface area contributed by atoms with Gasteiger partial charge in [-0.3, -0.25) is 10.1 Å². The summed E-state index contributed by atoms with van der Waals surface area (Å²) in [5, 5.41) is 7.35. The minimum absolute atomic E-state index is 0.266. The number of hydrogen-bond donors (Lipinski definition) is 1. The highest BCUT2D eigenvalue weighted by atomic mass is 35.5. The number of anilines is 1. The first-order valence-corrected chi connectivity index (χ1v) is 6.31. The summed E-state index contributed by atoms with van der Waals surface area (Å²) in [5.74, 6) is -0.0221. The second-order valence-corrected chi connectivity index (χ2v) is 4.68. The van der Waals surface area contributed by atoms with E-state index < -0.39 is 0 Å². The Labute approximate surface area is 119 Å². The number of nitrogens with one attached hydrogen (secondary N) is 1. The van der Waals surface area contributed by atoms with Crippen LogP contribution in [-0.4, -0.2) is 16.0 Å².